The van der Waals surface area contributed by atoms with Gasteiger partial charge in [0.05, 0.1) is 17.9 Å². The molecule has 148 valence electrons. The highest BCUT2D eigenvalue weighted by Crippen LogP contribution is 2.27. The second kappa shape index (κ2) is 9.66. The van der Waals surface area contributed by atoms with Crippen molar-refractivity contribution in [2.75, 3.05) is 0 Å². The molecule has 0 aliphatic rings. The van der Waals surface area contributed by atoms with Crippen molar-refractivity contribution in [1.82, 2.24) is 4.98 Å². The summed E-state index contributed by atoms with van der Waals surface area (Å²) in [4.78, 5) is 15.1. The highest BCUT2D eigenvalue weighted by Gasteiger charge is 2.13. The molecule has 0 amide bonds. The molecule has 1 heterocycles. The number of aliphatic hydroxyl groups is 1. The number of pyridine rings is 1. The normalized spacial score (nSPS) is 12.5. The molecule has 0 atom stereocenters. The van der Waals surface area contributed by atoms with E-state index >= 15 is 0 Å². The van der Waals surface area contributed by atoms with Gasteiger partial charge in [-0.25, -0.2) is 0 Å². The van der Waals surface area contributed by atoms with Crippen molar-refractivity contribution in [3.05, 3.63) is 76.8 Å². The molecular formula is C21H23FN2O4. The SMILES string of the molecule is CC/C(O)=C(\C=C(/F)Oc1cc(C)ccc1CC(=O)O)c1ccnc(CN)c1. The van der Waals surface area contributed by atoms with Crippen LogP contribution < -0.4 is 10.5 Å². The molecule has 0 saturated carbocycles. The maximum atomic E-state index is 14.7. The first-order valence-corrected chi connectivity index (χ1v) is 8.77. The summed E-state index contributed by atoms with van der Waals surface area (Å²) in [6, 6.07) is 7.20. The predicted molar refractivity (Wildman–Crippen MR) is 104 cm³/mol. The smallest absolute Gasteiger partial charge is 0.307 e. The van der Waals surface area contributed by atoms with Gasteiger partial charge in [-0.05, 0) is 36.2 Å². The van der Waals surface area contributed by atoms with Gasteiger partial charge in [0.2, 0.25) is 0 Å². The van der Waals surface area contributed by atoms with Gasteiger partial charge in [0.15, 0.2) is 0 Å². The van der Waals surface area contributed by atoms with Crippen LogP contribution in [0.3, 0.4) is 0 Å². The molecule has 0 bridgehead atoms. The number of hydrogen-bond donors (Lipinski definition) is 3. The Morgan fingerprint density at radius 1 is 1.29 bits per heavy atom. The van der Waals surface area contributed by atoms with Gasteiger partial charge in [-0.3, -0.25) is 9.78 Å². The summed E-state index contributed by atoms with van der Waals surface area (Å²) in [6.07, 6.45) is 2.59. The van der Waals surface area contributed by atoms with Gasteiger partial charge in [0.25, 0.3) is 6.01 Å². The van der Waals surface area contributed by atoms with E-state index < -0.39 is 12.0 Å². The maximum Gasteiger partial charge on any atom is 0.307 e. The third-order valence-electron chi connectivity index (χ3n) is 4.01. The van der Waals surface area contributed by atoms with Gasteiger partial charge >= 0.3 is 5.97 Å². The molecule has 0 aliphatic carbocycles. The van der Waals surface area contributed by atoms with Crippen LogP contribution in [0.25, 0.3) is 5.57 Å². The lowest BCUT2D eigenvalue weighted by atomic mass is 10.0. The van der Waals surface area contributed by atoms with Crippen LogP contribution in [0.2, 0.25) is 0 Å². The fraction of sp³-hybridized carbons (Fsp3) is 0.238. The number of nitrogens with two attached hydrogens (primary N) is 1. The van der Waals surface area contributed by atoms with E-state index in [2.05, 4.69) is 4.98 Å². The fourth-order valence-corrected chi connectivity index (χ4v) is 2.59. The number of carboxylic acids is 1. The number of ether oxygens (including phenoxy) is 1. The maximum absolute atomic E-state index is 14.7. The van der Waals surface area contributed by atoms with Crippen molar-refractivity contribution in [1.29, 1.82) is 0 Å². The zero-order valence-electron chi connectivity index (χ0n) is 15.8. The first-order valence-electron chi connectivity index (χ1n) is 8.77. The molecule has 0 fully saturated rings. The van der Waals surface area contributed by atoms with E-state index in [1.807, 2.05) is 0 Å². The summed E-state index contributed by atoms with van der Waals surface area (Å²) >= 11 is 0. The van der Waals surface area contributed by atoms with Crippen molar-refractivity contribution in [3.8, 4) is 5.75 Å². The summed E-state index contributed by atoms with van der Waals surface area (Å²) in [5, 5.41) is 19.3. The highest BCUT2D eigenvalue weighted by molar-refractivity contribution is 5.76. The highest BCUT2D eigenvalue weighted by atomic mass is 19.1. The van der Waals surface area contributed by atoms with Crippen molar-refractivity contribution >= 4 is 11.5 Å². The van der Waals surface area contributed by atoms with Crippen molar-refractivity contribution < 1.29 is 24.1 Å². The van der Waals surface area contributed by atoms with Gasteiger partial charge in [-0.1, -0.05) is 19.1 Å². The molecule has 0 unspecified atom stereocenters. The summed E-state index contributed by atoms with van der Waals surface area (Å²) in [5.41, 5.74) is 8.12. The minimum atomic E-state index is -1.05. The number of carbonyl (C=O) groups is 1. The molecule has 1 aromatic heterocycles. The fourth-order valence-electron chi connectivity index (χ4n) is 2.59. The Bertz CT molecular complexity index is 922. The van der Waals surface area contributed by atoms with Gasteiger partial charge in [-0.15, -0.1) is 0 Å². The van der Waals surface area contributed by atoms with E-state index in [1.165, 1.54) is 6.20 Å². The number of aliphatic hydroxyl groups excluding tert-OH is 1. The molecule has 0 aliphatic heterocycles. The minimum Gasteiger partial charge on any atom is -0.512 e. The number of aliphatic carboxylic acids is 1. The van der Waals surface area contributed by atoms with Gasteiger partial charge in [0, 0.05) is 36.4 Å². The number of nitrogens with zero attached hydrogens (tertiary/aromatic N) is 1. The molecule has 1 aromatic carbocycles. The lowest BCUT2D eigenvalue weighted by Gasteiger charge is -2.11. The van der Waals surface area contributed by atoms with Gasteiger partial charge in [-0.2, -0.15) is 4.39 Å². The number of halogens is 1. The number of benzene rings is 1. The van der Waals surface area contributed by atoms with Crippen LogP contribution in [0.15, 0.2) is 54.4 Å². The van der Waals surface area contributed by atoms with E-state index in [0.29, 0.717) is 16.8 Å². The number of allylic oxidation sites excluding steroid dienone is 3. The Balaban J connectivity index is 2.41. The van der Waals surface area contributed by atoms with Crippen LogP contribution in [0.4, 0.5) is 4.39 Å². The second-order valence-electron chi connectivity index (χ2n) is 6.19. The predicted octanol–water partition coefficient (Wildman–Crippen LogP) is 4.04. The van der Waals surface area contributed by atoms with E-state index in [9.17, 15) is 14.3 Å². The van der Waals surface area contributed by atoms with Crippen molar-refractivity contribution in [2.45, 2.75) is 33.2 Å². The molecule has 0 spiro atoms. The third-order valence-corrected chi connectivity index (χ3v) is 4.01. The molecule has 28 heavy (non-hydrogen) atoms. The van der Waals surface area contributed by atoms with Crippen LogP contribution in [-0.4, -0.2) is 21.2 Å². The Kier molecular flexibility index (Phi) is 7.28. The molecule has 2 aromatic rings. The minimum absolute atomic E-state index is 0.0251. The third kappa shape index (κ3) is 5.65. The monoisotopic (exact) mass is 386 g/mol. The Hall–Kier alpha value is -3.19. The number of aryl methyl sites for hydroxylation is 1. The summed E-state index contributed by atoms with van der Waals surface area (Å²) < 4.78 is 19.9. The molecule has 0 radical (unpaired) electrons. The van der Waals surface area contributed by atoms with Crippen LogP contribution in [0.5, 0.6) is 5.75 Å². The lowest BCUT2D eigenvalue weighted by Crippen LogP contribution is -2.04. The quantitative estimate of drug-likeness (QED) is 0.467. The summed E-state index contributed by atoms with van der Waals surface area (Å²) in [7, 11) is 0. The first-order chi connectivity index (χ1) is 13.3. The molecule has 6 nitrogen and oxygen atoms in total. The van der Waals surface area contributed by atoms with Crippen LogP contribution in [0, 0.1) is 6.92 Å². The molecule has 2 rings (SSSR count). The van der Waals surface area contributed by atoms with Gasteiger partial charge < -0.3 is 20.7 Å². The van der Waals surface area contributed by atoms with E-state index in [1.54, 1.807) is 44.2 Å². The molecule has 7 heteroatoms. The Labute approximate surface area is 162 Å². The largest absolute Gasteiger partial charge is 0.512 e. The number of rotatable bonds is 8. The summed E-state index contributed by atoms with van der Waals surface area (Å²) in [5.74, 6) is -0.958. The van der Waals surface area contributed by atoms with Crippen LogP contribution >= 0.6 is 0 Å². The Morgan fingerprint density at radius 2 is 2.04 bits per heavy atom. The average molecular weight is 386 g/mol. The number of carboxylic acid groups (broad SMARTS) is 1. The zero-order chi connectivity index (χ0) is 20.7. The molecule has 4 N–H and O–H groups in total. The van der Waals surface area contributed by atoms with Crippen molar-refractivity contribution in [2.24, 2.45) is 5.73 Å². The average Bonchev–Trinajstić information content (AvgIpc) is 2.67. The van der Waals surface area contributed by atoms with E-state index in [4.69, 9.17) is 15.6 Å². The first kappa shape index (κ1) is 21.1. The number of hydrogen-bond acceptors (Lipinski definition) is 5. The van der Waals surface area contributed by atoms with Crippen LogP contribution in [-0.2, 0) is 17.8 Å². The summed E-state index contributed by atoms with van der Waals surface area (Å²) in [6.45, 7) is 3.73. The molecular weight excluding hydrogens is 363 g/mol. The van der Waals surface area contributed by atoms with E-state index in [-0.39, 0.29) is 36.5 Å². The van der Waals surface area contributed by atoms with Crippen LogP contribution in [0.1, 0.15) is 35.7 Å². The van der Waals surface area contributed by atoms with Crippen molar-refractivity contribution in [3.63, 3.8) is 0 Å². The lowest BCUT2D eigenvalue weighted by molar-refractivity contribution is -0.136. The Morgan fingerprint density at radius 3 is 2.68 bits per heavy atom. The number of aromatic nitrogens is 1. The topological polar surface area (TPSA) is 106 Å². The molecule has 0 saturated heterocycles. The second-order valence-corrected chi connectivity index (χ2v) is 6.19. The van der Waals surface area contributed by atoms with Gasteiger partial charge in [0.1, 0.15) is 5.75 Å². The zero-order valence-corrected chi connectivity index (χ0v) is 15.8. The van der Waals surface area contributed by atoms with E-state index in [0.717, 1.165) is 11.6 Å². The standard InChI is InChI=1S/C21H23FN2O4/c1-3-18(25)17(14-6-7-24-16(9-14)12-23)11-20(22)28-19-8-13(2)4-5-15(19)10-21(26)27/h4-9,11,25H,3,10,12,23H2,1-2H3,(H,26,27)/b18-17-,20-11+.